The van der Waals surface area contributed by atoms with E-state index in [-0.39, 0.29) is 11.9 Å². The third-order valence-electron chi connectivity index (χ3n) is 3.31. The standard InChI is InChI=1S/C15H19ClN4O/c1-3-10(2)18-13(21)8-9-17-15-12-7-5-4-6-11(12)14(16)19-20-15/h4-7,10H,3,8-9H2,1-2H3,(H,17,20)(H,18,21). The lowest BCUT2D eigenvalue weighted by Crippen LogP contribution is -2.33. The second-order valence-corrected chi connectivity index (χ2v) is 5.30. The second-order valence-electron chi connectivity index (χ2n) is 4.94. The van der Waals surface area contributed by atoms with Crippen LogP contribution in [0.3, 0.4) is 0 Å². The van der Waals surface area contributed by atoms with E-state index in [1.807, 2.05) is 38.1 Å². The molecule has 1 unspecified atom stereocenters. The molecule has 1 amide bonds. The summed E-state index contributed by atoms with van der Waals surface area (Å²) in [5.41, 5.74) is 0. The summed E-state index contributed by atoms with van der Waals surface area (Å²) in [5, 5.41) is 16.2. The Morgan fingerprint density at radius 2 is 2.00 bits per heavy atom. The van der Waals surface area contributed by atoms with Gasteiger partial charge >= 0.3 is 0 Å². The minimum absolute atomic E-state index is 0.0306. The summed E-state index contributed by atoms with van der Waals surface area (Å²) in [5.74, 6) is 0.675. The number of fused-ring (bicyclic) bond motifs is 1. The highest BCUT2D eigenvalue weighted by molar-refractivity contribution is 6.34. The van der Waals surface area contributed by atoms with Crippen molar-refractivity contribution in [1.82, 2.24) is 15.5 Å². The number of hydrogen-bond donors (Lipinski definition) is 2. The third kappa shape index (κ3) is 4.04. The largest absolute Gasteiger partial charge is 0.368 e. The number of halogens is 1. The quantitative estimate of drug-likeness (QED) is 0.861. The summed E-state index contributed by atoms with van der Waals surface area (Å²) in [6.07, 6.45) is 1.31. The molecule has 5 nitrogen and oxygen atoms in total. The molecule has 1 heterocycles. The molecule has 0 saturated carbocycles. The molecule has 2 N–H and O–H groups in total. The number of carbonyl (C=O) groups is 1. The molecule has 6 heteroatoms. The number of amides is 1. The number of aromatic nitrogens is 2. The normalized spacial score (nSPS) is 12.1. The van der Waals surface area contributed by atoms with E-state index in [4.69, 9.17) is 11.6 Å². The van der Waals surface area contributed by atoms with Crippen LogP contribution in [0, 0.1) is 0 Å². The van der Waals surface area contributed by atoms with E-state index in [9.17, 15) is 4.79 Å². The fourth-order valence-corrected chi connectivity index (χ4v) is 2.15. The summed E-state index contributed by atoms with van der Waals surface area (Å²) in [6, 6.07) is 7.85. The maximum atomic E-state index is 11.7. The minimum Gasteiger partial charge on any atom is -0.368 e. The molecule has 0 bridgehead atoms. The van der Waals surface area contributed by atoms with Gasteiger partial charge in [0.05, 0.1) is 0 Å². The Morgan fingerprint density at radius 1 is 1.29 bits per heavy atom. The Bertz CT molecular complexity index is 632. The molecule has 2 aromatic rings. The van der Waals surface area contributed by atoms with Crippen molar-refractivity contribution in [1.29, 1.82) is 0 Å². The molecule has 0 saturated heterocycles. The lowest BCUT2D eigenvalue weighted by molar-refractivity contribution is -0.121. The predicted octanol–water partition coefficient (Wildman–Crippen LogP) is 3.00. The van der Waals surface area contributed by atoms with Crippen LogP contribution < -0.4 is 10.6 Å². The van der Waals surface area contributed by atoms with E-state index in [1.165, 1.54) is 0 Å². The van der Waals surface area contributed by atoms with E-state index in [1.54, 1.807) is 0 Å². The van der Waals surface area contributed by atoms with Crippen molar-refractivity contribution in [3.8, 4) is 0 Å². The van der Waals surface area contributed by atoms with Crippen LogP contribution in [0.1, 0.15) is 26.7 Å². The Kier molecular flexibility index (Phi) is 5.33. The molecular weight excluding hydrogens is 288 g/mol. The Balaban J connectivity index is 1.98. The first-order chi connectivity index (χ1) is 10.1. The van der Waals surface area contributed by atoms with Crippen molar-refractivity contribution in [2.45, 2.75) is 32.7 Å². The van der Waals surface area contributed by atoms with Crippen LogP contribution in [0.4, 0.5) is 5.82 Å². The highest BCUT2D eigenvalue weighted by Gasteiger charge is 2.08. The van der Waals surface area contributed by atoms with Gasteiger partial charge in [-0.25, -0.2) is 0 Å². The molecule has 0 aliphatic carbocycles. The molecule has 1 atom stereocenters. The van der Waals surface area contributed by atoms with Crippen molar-refractivity contribution < 1.29 is 4.79 Å². The minimum atomic E-state index is 0.0306. The van der Waals surface area contributed by atoms with Crippen molar-refractivity contribution in [2.75, 3.05) is 11.9 Å². The first-order valence-electron chi connectivity index (χ1n) is 7.06. The van der Waals surface area contributed by atoms with Gasteiger partial charge < -0.3 is 10.6 Å². The van der Waals surface area contributed by atoms with E-state index < -0.39 is 0 Å². The smallest absolute Gasteiger partial charge is 0.221 e. The van der Waals surface area contributed by atoms with Gasteiger partial charge in [0, 0.05) is 29.8 Å². The molecule has 2 rings (SSSR count). The first-order valence-corrected chi connectivity index (χ1v) is 7.43. The van der Waals surface area contributed by atoms with Gasteiger partial charge in [0.15, 0.2) is 11.0 Å². The molecule has 0 spiro atoms. The van der Waals surface area contributed by atoms with Gasteiger partial charge in [-0.05, 0) is 13.3 Å². The van der Waals surface area contributed by atoms with Crippen molar-refractivity contribution in [2.24, 2.45) is 0 Å². The van der Waals surface area contributed by atoms with Crippen LogP contribution in [0.25, 0.3) is 10.8 Å². The number of hydrogen-bond acceptors (Lipinski definition) is 4. The SMILES string of the molecule is CCC(C)NC(=O)CCNc1nnc(Cl)c2ccccc12. The average molecular weight is 307 g/mol. The van der Waals surface area contributed by atoms with Gasteiger partial charge in [-0.1, -0.05) is 42.8 Å². The van der Waals surface area contributed by atoms with Crippen LogP contribution >= 0.6 is 11.6 Å². The molecule has 0 radical (unpaired) electrons. The Hall–Kier alpha value is -1.88. The maximum absolute atomic E-state index is 11.7. The summed E-state index contributed by atoms with van der Waals surface area (Å²) in [6.45, 7) is 4.53. The monoisotopic (exact) mass is 306 g/mol. The second kappa shape index (κ2) is 7.22. The third-order valence-corrected chi connectivity index (χ3v) is 3.59. The highest BCUT2D eigenvalue weighted by Crippen LogP contribution is 2.25. The van der Waals surface area contributed by atoms with Crippen LogP contribution in [-0.2, 0) is 4.79 Å². The van der Waals surface area contributed by atoms with E-state index in [0.29, 0.717) is 23.9 Å². The zero-order valence-electron chi connectivity index (χ0n) is 12.2. The number of benzene rings is 1. The van der Waals surface area contributed by atoms with Crippen molar-refractivity contribution >= 4 is 34.1 Å². The Morgan fingerprint density at radius 3 is 2.71 bits per heavy atom. The van der Waals surface area contributed by atoms with E-state index in [0.717, 1.165) is 17.2 Å². The maximum Gasteiger partial charge on any atom is 0.221 e. The lowest BCUT2D eigenvalue weighted by atomic mass is 10.2. The summed E-state index contributed by atoms with van der Waals surface area (Å²) in [7, 11) is 0. The first kappa shape index (κ1) is 15.5. The average Bonchev–Trinajstić information content (AvgIpc) is 2.49. The van der Waals surface area contributed by atoms with Gasteiger partial charge in [0.2, 0.25) is 5.91 Å². The summed E-state index contributed by atoms with van der Waals surface area (Å²) < 4.78 is 0. The molecule has 0 fully saturated rings. The number of nitrogens with zero attached hydrogens (tertiary/aromatic N) is 2. The highest BCUT2D eigenvalue weighted by atomic mass is 35.5. The topological polar surface area (TPSA) is 66.9 Å². The molecule has 0 aliphatic rings. The predicted molar refractivity (Wildman–Crippen MR) is 85.6 cm³/mol. The van der Waals surface area contributed by atoms with Gasteiger partial charge in [-0.3, -0.25) is 4.79 Å². The van der Waals surface area contributed by atoms with Gasteiger partial charge in [0.25, 0.3) is 0 Å². The number of carbonyl (C=O) groups excluding carboxylic acids is 1. The van der Waals surface area contributed by atoms with Gasteiger partial charge in [0.1, 0.15) is 0 Å². The fraction of sp³-hybridized carbons (Fsp3) is 0.400. The van der Waals surface area contributed by atoms with Crippen LogP contribution in [-0.4, -0.2) is 28.7 Å². The van der Waals surface area contributed by atoms with Crippen LogP contribution in [0.2, 0.25) is 5.15 Å². The van der Waals surface area contributed by atoms with E-state index >= 15 is 0 Å². The number of rotatable bonds is 6. The van der Waals surface area contributed by atoms with Crippen LogP contribution in [0.15, 0.2) is 24.3 Å². The van der Waals surface area contributed by atoms with Crippen LogP contribution in [0.5, 0.6) is 0 Å². The summed E-state index contributed by atoms with van der Waals surface area (Å²) in [4.78, 5) is 11.7. The fourth-order valence-electron chi connectivity index (χ4n) is 1.95. The molecule has 1 aromatic carbocycles. The lowest BCUT2D eigenvalue weighted by Gasteiger charge is -2.12. The number of anilines is 1. The van der Waals surface area contributed by atoms with Crippen molar-refractivity contribution in [3.63, 3.8) is 0 Å². The van der Waals surface area contributed by atoms with Crippen molar-refractivity contribution in [3.05, 3.63) is 29.4 Å². The zero-order chi connectivity index (χ0) is 15.2. The number of nitrogens with one attached hydrogen (secondary N) is 2. The molecule has 1 aromatic heterocycles. The Labute approximate surface area is 129 Å². The molecular formula is C15H19ClN4O. The molecule has 0 aliphatic heterocycles. The molecule has 112 valence electrons. The van der Waals surface area contributed by atoms with E-state index in [2.05, 4.69) is 20.8 Å². The molecule has 21 heavy (non-hydrogen) atoms. The van der Waals surface area contributed by atoms with Gasteiger partial charge in [-0.15, -0.1) is 10.2 Å². The zero-order valence-corrected chi connectivity index (χ0v) is 12.9. The summed E-state index contributed by atoms with van der Waals surface area (Å²) >= 11 is 6.02. The van der Waals surface area contributed by atoms with Gasteiger partial charge in [-0.2, -0.15) is 0 Å².